The Kier molecular flexibility index (Phi) is 3.41. The number of nitrogens with zero attached hydrogens (tertiary/aromatic N) is 2. The summed E-state index contributed by atoms with van der Waals surface area (Å²) in [5.41, 5.74) is 1.23. The van der Waals surface area contributed by atoms with E-state index in [1.807, 2.05) is 17.8 Å². The molecule has 5 heteroatoms. The standard InChI is InChI=1S/C16H19N3O2/c1-10-3-4-12(9-13(10)20)16(21)18-14(11-5-6-11)15-17-7-8-19(15)2/h3-4,7-9,11,14,20H,5-6H2,1-2H3,(H,18,21)/t14-/m0/s1. The van der Waals surface area contributed by atoms with Crippen LogP contribution in [0.5, 0.6) is 5.75 Å². The third kappa shape index (κ3) is 2.77. The van der Waals surface area contributed by atoms with E-state index in [1.54, 1.807) is 25.3 Å². The average molecular weight is 285 g/mol. The lowest BCUT2D eigenvalue weighted by Gasteiger charge is -2.18. The molecule has 0 unspecified atom stereocenters. The van der Waals surface area contributed by atoms with Crippen LogP contribution < -0.4 is 5.32 Å². The Labute approximate surface area is 123 Å². The van der Waals surface area contributed by atoms with Crippen molar-refractivity contribution in [3.63, 3.8) is 0 Å². The fraction of sp³-hybridized carbons (Fsp3) is 0.375. The fourth-order valence-corrected chi connectivity index (χ4v) is 2.47. The van der Waals surface area contributed by atoms with E-state index in [-0.39, 0.29) is 17.7 Å². The van der Waals surface area contributed by atoms with Crippen LogP contribution in [0.1, 0.15) is 40.6 Å². The van der Waals surface area contributed by atoms with Crippen LogP contribution in [0.15, 0.2) is 30.6 Å². The number of carbonyl (C=O) groups excluding carboxylic acids is 1. The summed E-state index contributed by atoms with van der Waals surface area (Å²) in [5.74, 6) is 1.30. The topological polar surface area (TPSA) is 67.2 Å². The first kappa shape index (κ1) is 13.7. The number of phenolic OH excluding ortho intramolecular Hbond substituents is 1. The van der Waals surface area contributed by atoms with Gasteiger partial charge in [-0.3, -0.25) is 4.79 Å². The molecular weight excluding hydrogens is 266 g/mol. The maximum absolute atomic E-state index is 12.4. The Morgan fingerprint density at radius 3 is 2.81 bits per heavy atom. The number of phenols is 1. The number of amides is 1. The molecule has 110 valence electrons. The minimum atomic E-state index is -0.176. The molecule has 21 heavy (non-hydrogen) atoms. The SMILES string of the molecule is Cc1ccc(C(=O)N[C@H](c2nccn2C)C2CC2)cc1O. The largest absolute Gasteiger partial charge is 0.508 e. The molecule has 3 rings (SSSR count). The van der Waals surface area contributed by atoms with Crippen molar-refractivity contribution in [1.82, 2.24) is 14.9 Å². The van der Waals surface area contributed by atoms with Gasteiger partial charge in [0.1, 0.15) is 11.6 Å². The number of aromatic nitrogens is 2. The average Bonchev–Trinajstić information content (AvgIpc) is 3.21. The van der Waals surface area contributed by atoms with Gasteiger partial charge in [0.2, 0.25) is 0 Å². The highest BCUT2D eigenvalue weighted by molar-refractivity contribution is 5.95. The summed E-state index contributed by atoms with van der Waals surface area (Å²) in [6.07, 6.45) is 5.84. The number of aromatic hydroxyl groups is 1. The molecule has 0 spiro atoms. The van der Waals surface area contributed by atoms with Gasteiger partial charge in [0.15, 0.2) is 0 Å². The molecule has 0 bridgehead atoms. The predicted molar refractivity (Wildman–Crippen MR) is 79.0 cm³/mol. The second-order valence-electron chi connectivity index (χ2n) is 5.69. The molecule has 2 aromatic rings. The molecule has 1 aromatic heterocycles. The molecule has 2 N–H and O–H groups in total. The van der Waals surface area contributed by atoms with Crippen LogP contribution in [-0.4, -0.2) is 20.6 Å². The van der Waals surface area contributed by atoms with Gasteiger partial charge in [-0.1, -0.05) is 6.07 Å². The summed E-state index contributed by atoms with van der Waals surface area (Å²) in [7, 11) is 1.93. The van der Waals surface area contributed by atoms with E-state index in [0.717, 1.165) is 24.2 Å². The van der Waals surface area contributed by atoms with E-state index < -0.39 is 0 Å². The van der Waals surface area contributed by atoms with Crippen molar-refractivity contribution in [3.8, 4) is 5.75 Å². The first-order valence-electron chi connectivity index (χ1n) is 7.14. The van der Waals surface area contributed by atoms with Gasteiger partial charge in [0.25, 0.3) is 5.91 Å². The van der Waals surface area contributed by atoms with Crippen molar-refractivity contribution >= 4 is 5.91 Å². The number of nitrogens with one attached hydrogen (secondary N) is 1. The van der Waals surface area contributed by atoms with E-state index in [0.29, 0.717) is 11.5 Å². The number of benzene rings is 1. The van der Waals surface area contributed by atoms with E-state index in [9.17, 15) is 9.90 Å². The molecular formula is C16H19N3O2. The highest BCUT2D eigenvalue weighted by Gasteiger charge is 2.35. The van der Waals surface area contributed by atoms with Crippen LogP contribution in [0.2, 0.25) is 0 Å². The molecule has 1 aromatic carbocycles. The number of carbonyl (C=O) groups is 1. The predicted octanol–water partition coefficient (Wildman–Crippen LogP) is 2.32. The van der Waals surface area contributed by atoms with Crippen LogP contribution in [0.3, 0.4) is 0 Å². The minimum absolute atomic E-state index is 0.0686. The zero-order chi connectivity index (χ0) is 15.0. The molecule has 5 nitrogen and oxygen atoms in total. The van der Waals surface area contributed by atoms with Crippen molar-refractivity contribution in [2.75, 3.05) is 0 Å². The molecule has 1 amide bonds. The van der Waals surface area contributed by atoms with Crippen molar-refractivity contribution in [2.24, 2.45) is 13.0 Å². The second-order valence-corrected chi connectivity index (χ2v) is 5.69. The van der Waals surface area contributed by atoms with Gasteiger partial charge in [0, 0.05) is 25.0 Å². The summed E-state index contributed by atoms with van der Waals surface area (Å²) >= 11 is 0. The van der Waals surface area contributed by atoms with Crippen molar-refractivity contribution in [3.05, 3.63) is 47.5 Å². The van der Waals surface area contributed by atoms with E-state index in [2.05, 4.69) is 10.3 Å². The second kappa shape index (κ2) is 5.24. The van der Waals surface area contributed by atoms with E-state index in [4.69, 9.17) is 0 Å². The molecule has 1 aliphatic rings. The number of rotatable bonds is 4. The normalized spacial score (nSPS) is 15.7. The number of imidazole rings is 1. The van der Waals surface area contributed by atoms with Gasteiger partial charge >= 0.3 is 0 Å². The molecule has 0 aliphatic heterocycles. The van der Waals surface area contributed by atoms with Crippen molar-refractivity contribution < 1.29 is 9.90 Å². The molecule has 0 radical (unpaired) electrons. The lowest BCUT2D eigenvalue weighted by molar-refractivity contribution is 0.0928. The Morgan fingerprint density at radius 1 is 1.48 bits per heavy atom. The molecule has 0 saturated heterocycles. The van der Waals surface area contributed by atoms with E-state index >= 15 is 0 Å². The Morgan fingerprint density at radius 2 is 2.24 bits per heavy atom. The maximum atomic E-state index is 12.4. The fourth-order valence-electron chi connectivity index (χ4n) is 2.47. The molecule has 1 atom stereocenters. The van der Waals surface area contributed by atoms with Crippen molar-refractivity contribution in [1.29, 1.82) is 0 Å². The minimum Gasteiger partial charge on any atom is -0.508 e. The number of aryl methyl sites for hydroxylation is 2. The highest BCUT2D eigenvalue weighted by atomic mass is 16.3. The molecule has 1 fully saturated rings. The lowest BCUT2D eigenvalue weighted by Crippen LogP contribution is -2.31. The van der Waals surface area contributed by atoms with Crippen LogP contribution in [0.4, 0.5) is 0 Å². The Bertz CT molecular complexity index is 674. The summed E-state index contributed by atoms with van der Waals surface area (Å²) in [6, 6.07) is 4.91. The number of hydrogen-bond donors (Lipinski definition) is 2. The smallest absolute Gasteiger partial charge is 0.252 e. The molecule has 1 heterocycles. The van der Waals surface area contributed by atoms with Gasteiger partial charge < -0.3 is 15.0 Å². The highest BCUT2D eigenvalue weighted by Crippen LogP contribution is 2.40. The maximum Gasteiger partial charge on any atom is 0.252 e. The third-order valence-electron chi connectivity index (χ3n) is 3.99. The Hall–Kier alpha value is -2.30. The van der Waals surface area contributed by atoms with Crippen LogP contribution in [-0.2, 0) is 7.05 Å². The van der Waals surface area contributed by atoms with Gasteiger partial charge in [-0.25, -0.2) is 4.98 Å². The number of hydrogen-bond acceptors (Lipinski definition) is 3. The zero-order valence-corrected chi connectivity index (χ0v) is 12.2. The van der Waals surface area contributed by atoms with E-state index in [1.165, 1.54) is 6.07 Å². The third-order valence-corrected chi connectivity index (χ3v) is 3.99. The summed E-state index contributed by atoms with van der Waals surface area (Å²) < 4.78 is 1.94. The lowest BCUT2D eigenvalue weighted by atomic mass is 10.1. The van der Waals surface area contributed by atoms with Gasteiger partial charge in [-0.15, -0.1) is 0 Å². The Balaban J connectivity index is 1.81. The molecule has 1 saturated carbocycles. The quantitative estimate of drug-likeness (QED) is 0.906. The zero-order valence-electron chi connectivity index (χ0n) is 12.2. The summed E-state index contributed by atoms with van der Waals surface area (Å²) in [6.45, 7) is 1.80. The van der Waals surface area contributed by atoms with Gasteiger partial charge in [-0.2, -0.15) is 0 Å². The summed E-state index contributed by atoms with van der Waals surface area (Å²) in [4.78, 5) is 16.8. The van der Waals surface area contributed by atoms with Gasteiger partial charge in [-0.05, 0) is 43.4 Å². The first-order chi connectivity index (χ1) is 10.1. The van der Waals surface area contributed by atoms with Crippen LogP contribution in [0.25, 0.3) is 0 Å². The first-order valence-corrected chi connectivity index (χ1v) is 7.14. The molecule has 1 aliphatic carbocycles. The monoisotopic (exact) mass is 285 g/mol. The van der Waals surface area contributed by atoms with Crippen LogP contribution in [0, 0.1) is 12.8 Å². The van der Waals surface area contributed by atoms with Crippen molar-refractivity contribution in [2.45, 2.75) is 25.8 Å². The summed E-state index contributed by atoms with van der Waals surface area (Å²) in [5, 5.41) is 12.8. The van der Waals surface area contributed by atoms with Gasteiger partial charge in [0.05, 0.1) is 6.04 Å². The van der Waals surface area contributed by atoms with Crippen LogP contribution >= 0.6 is 0 Å².